The average Bonchev–Trinajstić information content (AvgIpc) is 2.20. The molecule has 9 heteroatoms. The first-order valence-corrected chi connectivity index (χ1v) is 4.91. The van der Waals surface area contributed by atoms with E-state index in [2.05, 4.69) is 5.32 Å². The Kier molecular flexibility index (Phi) is 5.60. The Bertz CT molecular complexity index is 360. The number of carbonyl (C=O) groups excluding carboxylic acids is 3. The predicted octanol–water partition coefficient (Wildman–Crippen LogP) is -1.26. The van der Waals surface area contributed by atoms with E-state index in [1.165, 1.54) is 0 Å². The highest BCUT2D eigenvalue weighted by atomic mass is 16.6. The number of aliphatic carboxylic acids is 1. The summed E-state index contributed by atoms with van der Waals surface area (Å²) in [6, 6.07) is 0. The molecule has 0 aliphatic carbocycles. The number of hydrazine groups is 1. The zero-order valence-corrected chi connectivity index (χ0v) is 10.2. The van der Waals surface area contributed by atoms with Gasteiger partial charge in [-0.15, -0.1) is 0 Å². The highest BCUT2D eigenvalue weighted by Gasteiger charge is 2.17. The van der Waals surface area contributed by atoms with Crippen LogP contribution in [0.5, 0.6) is 0 Å². The van der Waals surface area contributed by atoms with Gasteiger partial charge in [0.2, 0.25) is 0 Å². The van der Waals surface area contributed by atoms with Gasteiger partial charge in [-0.25, -0.2) is 9.59 Å². The second kappa shape index (κ2) is 6.42. The van der Waals surface area contributed by atoms with Crippen molar-refractivity contribution in [2.75, 3.05) is 6.54 Å². The third-order valence-electron chi connectivity index (χ3n) is 1.30. The van der Waals surface area contributed by atoms with Crippen molar-refractivity contribution in [2.45, 2.75) is 26.4 Å². The Morgan fingerprint density at radius 2 is 1.67 bits per heavy atom. The number of hydrogen-bond donors (Lipinski definition) is 4. The molecule has 0 atom stereocenters. The lowest BCUT2D eigenvalue weighted by molar-refractivity contribution is -0.151. The van der Waals surface area contributed by atoms with Crippen molar-refractivity contribution < 1.29 is 29.0 Å². The summed E-state index contributed by atoms with van der Waals surface area (Å²) >= 11 is 0. The van der Waals surface area contributed by atoms with Gasteiger partial charge in [0.05, 0.1) is 0 Å². The summed E-state index contributed by atoms with van der Waals surface area (Å²) in [5.74, 6) is -3.92. The van der Waals surface area contributed by atoms with Crippen molar-refractivity contribution in [2.24, 2.45) is 0 Å². The summed E-state index contributed by atoms with van der Waals surface area (Å²) in [6.45, 7) is 4.49. The molecule has 4 N–H and O–H groups in total. The maximum absolute atomic E-state index is 11.1. The molecule has 0 unspecified atom stereocenters. The summed E-state index contributed by atoms with van der Waals surface area (Å²) in [4.78, 5) is 42.8. The fourth-order valence-corrected chi connectivity index (χ4v) is 0.691. The SMILES string of the molecule is CC(C)(C)OC(=O)NCC(=O)NNC(=O)C(=O)O. The quantitative estimate of drug-likeness (QED) is 0.362. The lowest BCUT2D eigenvalue weighted by Crippen LogP contribution is -2.48. The molecule has 0 saturated carbocycles. The van der Waals surface area contributed by atoms with Crippen LogP contribution in [0.25, 0.3) is 0 Å². The molecule has 0 aromatic carbocycles. The molecular formula is C9H15N3O6. The van der Waals surface area contributed by atoms with Crippen molar-refractivity contribution in [3.63, 3.8) is 0 Å². The zero-order chi connectivity index (χ0) is 14.3. The Labute approximate surface area is 103 Å². The number of ether oxygens (including phenoxy) is 1. The van der Waals surface area contributed by atoms with Crippen molar-refractivity contribution in [3.05, 3.63) is 0 Å². The number of nitrogens with one attached hydrogen (secondary N) is 3. The van der Waals surface area contributed by atoms with Gasteiger partial charge >= 0.3 is 18.0 Å². The molecule has 0 fully saturated rings. The van der Waals surface area contributed by atoms with E-state index in [9.17, 15) is 19.2 Å². The largest absolute Gasteiger partial charge is 0.474 e. The molecule has 0 aliphatic heterocycles. The minimum absolute atomic E-state index is 0.463. The van der Waals surface area contributed by atoms with Gasteiger partial charge in [0.25, 0.3) is 5.91 Å². The van der Waals surface area contributed by atoms with Crippen LogP contribution in [-0.4, -0.2) is 41.1 Å². The van der Waals surface area contributed by atoms with Gasteiger partial charge in [-0.3, -0.25) is 20.4 Å². The first-order valence-electron chi connectivity index (χ1n) is 4.91. The van der Waals surface area contributed by atoms with Gasteiger partial charge in [-0.1, -0.05) is 0 Å². The number of hydrogen-bond acceptors (Lipinski definition) is 5. The zero-order valence-electron chi connectivity index (χ0n) is 10.2. The number of carboxylic acid groups (broad SMARTS) is 1. The Morgan fingerprint density at radius 1 is 1.11 bits per heavy atom. The van der Waals surface area contributed by atoms with E-state index in [-0.39, 0.29) is 0 Å². The Balaban J connectivity index is 3.88. The molecule has 0 heterocycles. The molecule has 0 aromatic rings. The molecule has 0 radical (unpaired) electrons. The summed E-state index contributed by atoms with van der Waals surface area (Å²) in [5, 5.41) is 10.3. The fraction of sp³-hybridized carbons (Fsp3) is 0.556. The predicted molar refractivity (Wildman–Crippen MR) is 58.2 cm³/mol. The minimum Gasteiger partial charge on any atom is -0.474 e. The third kappa shape index (κ3) is 7.91. The summed E-state index contributed by atoms with van der Waals surface area (Å²) in [5.41, 5.74) is 2.72. The van der Waals surface area contributed by atoms with Crippen molar-refractivity contribution >= 4 is 23.9 Å². The smallest absolute Gasteiger partial charge is 0.408 e. The first-order chi connectivity index (χ1) is 8.11. The highest BCUT2D eigenvalue weighted by Crippen LogP contribution is 2.05. The van der Waals surface area contributed by atoms with Crippen LogP contribution in [0.15, 0.2) is 0 Å². The van der Waals surface area contributed by atoms with Gasteiger partial charge in [0.1, 0.15) is 12.1 Å². The number of carbonyl (C=O) groups is 4. The number of carboxylic acids is 1. The molecule has 102 valence electrons. The van der Waals surface area contributed by atoms with Gasteiger partial charge in [0, 0.05) is 0 Å². The molecule has 3 amide bonds. The van der Waals surface area contributed by atoms with Gasteiger partial charge in [0.15, 0.2) is 0 Å². The van der Waals surface area contributed by atoms with E-state index in [0.717, 1.165) is 0 Å². The molecule has 18 heavy (non-hydrogen) atoms. The van der Waals surface area contributed by atoms with Crippen molar-refractivity contribution in [3.8, 4) is 0 Å². The minimum atomic E-state index is -1.74. The van der Waals surface area contributed by atoms with Crippen molar-refractivity contribution in [1.82, 2.24) is 16.2 Å². The lowest BCUT2D eigenvalue weighted by atomic mass is 10.2. The monoisotopic (exact) mass is 261 g/mol. The lowest BCUT2D eigenvalue weighted by Gasteiger charge is -2.19. The van der Waals surface area contributed by atoms with Crippen LogP contribution in [0, 0.1) is 0 Å². The molecule has 0 bridgehead atoms. The summed E-state index contributed by atoms with van der Waals surface area (Å²) in [7, 11) is 0. The van der Waals surface area contributed by atoms with E-state index >= 15 is 0 Å². The maximum atomic E-state index is 11.1. The normalized spacial score (nSPS) is 10.2. The number of alkyl carbamates (subject to hydrolysis) is 1. The molecule has 0 spiro atoms. The molecular weight excluding hydrogens is 246 g/mol. The molecule has 0 saturated heterocycles. The molecule has 0 aromatic heterocycles. The second-order valence-corrected chi connectivity index (χ2v) is 4.16. The van der Waals surface area contributed by atoms with Crippen LogP contribution in [0.4, 0.5) is 4.79 Å². The summed E-state index contributed by atoms with van der Waals surface area (Å²) < 4.78 is 4.84. The first kappa shape index (κ1) is 15.7. The van der Waals surface area contributed by atoms with E-state index in [1.807, 2.05) is 0 Å². The molecule has 9 nitrogen and oxygen atoms in total. The van der Waals surface area contributed by atoms with Crippen LogP contribution in [-0.2, 0) is 19.1 Å². The van der Waals surface area contributed by atoms with Crippen LogP contribution in [0.2, 0.25) is 0 Å². The van der Waals surface area contributed by atoms with Crippen LogP contribution in [0.1, 0.15) is 20.8 Å². The standard InChI is InChI=1S/C9H15N3O6/c1-9(2,3)18-8(17)10-4-5(13)11-12-6(14)7(15)16/h4H2,1-3H3,(H,10,17)(H,11,13)(H,12,14)(H,15,16). The number of amides is 3. The highest BCUT2D eigenvalue weighted by molar-refractivity contribution is 6.31. The van der Waals surface area contributed by atoms with E-state index < -0.39 is 36.0 Å². The van der Waals surface area contributed by atoms with Gasteiger partial charge < -0.3 is 15.2 Å². The molecule has 0 rings (SSSR count). The van der Waals surface area contributed by atoms with Crippen LogP contribution >= 0.6 is 0 Å². The topological polar surface area (TPSA) is 134 Å². The van der Waals surface area contributed by atoms with E-state index in [0.29, 0.717) is 0 Å². The van der Waals surface area contributed by atoms with Gasteiger partial charge in [-0.2, -0.15) is 0 Å². The Hall–Kier alpha value is -2.32. The van der Waals surface area contributed by atoms with Crippen LogP contribution in [0.3, 0.4) is 0 Å². The third-order valence-corrected chi connectivity index (χ3v) is 1.30. The summed E-state index contributed by atoms with van der Waals surface area (Å²) in [6.07, 6.45) is -0.804. The fourth-order valence-electron chi connectivity index (χ4n) is 0.691. The van der Waals surface area contributed by atoms with Gasteiger partial charge in [-0.05, 0) is 20.8 Å². The maximum Gasteiger partial charge on any atom is 0.408 e. The van der Waals surface area contributed by atoms with Crippen LogP contribution < -0.4 is 16.2 Å². The second-order valence-electron chi connectivity index (χ2n) is 4.16. The Morgan fingerprint density at radius 3 is 2.11 bits per heavy atom. The van der Waals surface area contributed by atoms with E-state index in [4.69, 9.17) is 9.84 Å². The molecule has 0 aliphatic rings. The van der Waals surface area contributed by atoms with E-state index in [1.54, 1.807) is 31.6 Å². The number of rotatable bonds is 2. The average molecular weight is 261 g/mol. The van der Waals surface area contributed by atoms with Crippen molar-refractivity contribution in [1.29, 1.82) is 0 Å².